The highest BCUT2D eigenvalue weighted by molar-refractivity contribution is 7.77. The van der Waals surface area contributed by atoms with Crippen molar-refractivity contribution in [2.75, 3.05) is 7.11 Å². The number of methoxy groups -OCH3 is 1. The number of nitrogens with zero attached hydrogens (tertiary/aromatic N) is 3. The van der Waals surface area contributed by atoms with Gasteiger partial charge in [0.15, 0.2) is 0 Å². The first-order valence-corrected chi connectivity index (χ1v) is 10.2. The molecular formula is C18H20ClN5O5S. The van der Waals surface area contributed by atoms with Crippen molar-refractivity contribution in [3.05, 3.63) is 55.3 Å². The second kappa shape index (κ2) is 8.66. The van der Waals surface area contributed by atoms with Gasteiger partial charge < -0.3 is 10.5 Å². The highest BCUT2D eigenvalue weighted by Gasteiger charge is 2.23. The Labute approximate surface area is 178 Å². The lowest BCUT2D eigenvalue weighted by atomic mass is 9.94. The van der Waals surface area contributed by atoms with Gasteiger partial charge in [-0.3, -0.25) is 18.5 Å². The van der Waals surface area contributed by atoms with E-state index >= 15 is 0 Å². The zero-order chi connectivity index (χ0) is 22.2. The predicted molar refractivity (Wildman–Crippen MR) is 115 cm³/mol. The predicted octanol–water partition coefficient (Wildman–Crippen LogP) is 0.646. The molecule has 10 nitrogen and oxygen atoms in total. The molecule has 12 heteroatoms. The maximum absolute atomic E-state index is 13.1. The van der Waals surface area contributed by atoms with Crippen molar-refractivity contribution < 1.29 is 13.5 Å². The van der Waals surface area contributed by atoms with Gasteiger partial charge in [-0.15, -0.1) is 0 Å². The average Bonchev–Trinajstić information content (AvgIpc) is 2.73. The fourth-order valence-corrected chi connectivity index (χ4v) is 3.76. The lowest BCUT2D eigenvalue weighted by Gasteiger charge is -2.19. The first kappa shape index (κ1) is 22.1. The van der Waals surface area contributed by atoms with Crippen LogP contribution in [0.25, 0.3) is 22.2 Å². The second-order valence-electron chi connectivity index (χ2n) is 6.44. The normalized spacial score (nSPS) is 12.3. The second-order valence-corrected chi connectivity index (χ2v) is 7.66. The molecule has 1 aromatic carbocycles. The molecule has 0 fully saturated rings. The Morgan fingerprint density at radius 3 is 2.60 bits per heavy atom. The van der Waals surface area contributed by atoms with Crippen LogP contribution in [0.4, 0.5) is 0 Å². The molecule has 1 unspecified atom stereocenters. The Morgan fingerprint density at radius 1 is 1.30 bits per heavy atom. The van der Waals surface area contributed by atoms with E-state index < -0.39 is 22.5 Å². The molecule has 2 aromatic heterocycles. The van der Waals surface area contributed by atoms with Gasteiger partial charge in [0, 0.05) is 36.8 Å². The topological polar surface area (TPSA) is 141 Å². The zero-order valence-electron chi connectivity index (χ0n) is 16.4. The average molecular weight is 454 g/mol. The molecule has 30 heavy (non-hydrogen) atoms. The van der Waals surface area contributed by atoms with Crippen LogP contribution in [0.3, 0.4) is 0 Å². The molecule has 0 saturated heterocycles. The minimum Gasteiger partial charge on any atom is -0.496 e. The van der Waals surface area contributed by atoms with E-state index in [1.165, 1.54) is 25.8 Å². The van der Waals surface area contributed by atoms with Crippen molar-refractivity contribution >= 4 is 33.9 Å². The van der Waals surface area contributed by atoms with Gasteiger partial charge in [-0.25, -0.2) is 18.7 Å². The summed E-state index contributed by atoms with van der Waals surface area (Å²) in [6.07, 6.45) is 0. The first-order chi connectivity index (χ1) is 14.2. The van der Waals surface area contributed by atoms with Gasteiger partial charge in [0.05, 0.1) is 24.7 Å². The molecule has 0 aliphatic rings. The molecule has 0 bridgehead atoms. The molecule has 0 radical (unpaired) electrons. The number of rotatable bonds is 6. The summed E-state index contributed by atoms with van der Waals surface area (Å²) in [4.78, 5) is 30.0. The van der Waals surface area contributed by atoms with E-state index in [4.69, 9.17) is 26.6 Å². The SMILES string of the molecule is COc1cc(Cl)ccc1-c1c(CN)c(CNS(=O)O)nc2c1c(=O)n(C)c(=O)n2C. The van der Waals surface area contributed by atoms with Crippen LogP contribution in [-0.4, -0.2) is 30.0 Å². The smallest absolute Gasteiger partial charge is 0.332 e. The third kappa shape index (κ3) is 3.77. The van der Waals surface area contributed by atoms with E-state index in [9.17, 15) is 13.8 Å². The highest BCUT2D eigenvalue weighted by Crippen LogP contribution is 2.38. The molecule has 3 aromatic rings. The van der Waals surface area contributed by atoms with Crippen LogP contribution in [0.15, 0.2) is 27.8 Å². The minimum absolute atomic E-state index is 0.0227. The Kier molecular flexibility index (Phi) is 6.38. The van der Waals surface area contributed by atoms with Gasteiger partial charge >= 0.3 is 5.69 Å². The van der Waals surface area contributed by atoms with Gasteiger partial charge in [-0.1, -0.05) is 11.6 Å². The summed E-state index contributed by atoms with van der Waals surface area (Å²) in [7, 11) is 4.33. The van der Waals surface area contributed by atoms with Crippen LogP contribution in [0, 0.1) is 0 Å². The zero-order valence-corrected chi connectivity index (χ0v) is 18.0. The molecule has 160 valence electrons. The third-order valence-electron chi connectivity index (χ3n) is 4.77. The van der Waals surface area contributed by atoms with E-state index in [1.54, 1.807) is 18.2 Å². The maximum atomic E-state index is 13.1. The van der Waals surface area contributed by atoms with Crippen LogP contribution >= 0.6 is 11.6 Å². The summed E-state index contributed by atoms with van der Waals surface area (Å²) in [5, 5.41) is 0.607. The Hall–Kier alpha value is -2.57. The highest BCUT2D eigenvalue weighted by atomic mass is 35.5. The fourth-order valence-electron chi connectivity index (χ4n) is 3.34. The van der Waals surface area contributed by atoms with Crippen molar-refractivity contribution in [2.24, 2.45) is 19.8 Å². The van der Waals surface area contributed by atoms with Crippen LogP contribution in [0.2, 0.25) is 5.02 Å². The monoisotopic (exact) mass is 453 g/mol. The molecule has 4 N–H and O–H groups in total. The lowest BCUT2D eigenvalue weighted by molar-refractivity contribution is 0.416. The largest absolute Gasteiger partial charge is 0.496 e. The number of aromatic nitrogens is 3. The van der Waals surface area contributed by atoms with E-state index in [0.29, 0.717) is 33.2 Å². The lowest BCUT2D eigenvalue weighted by Crippen LogP contribution is -2.38. The van der Waals surface area contributed by atoms with Crippen molar-refractivity contribution in [3.8, 4) is 16.9 Å². The van der Waals surface area contributed by atoms with Crippen LogP contribution < -0.4 is 26.4 Å². The van der Waals surface area contributed by atoms with Gasteiger partial charge in [0.1, 0.15) is 11.4 Å². The van der Waals surface area contributed by atoms with E-state index in [2.05, 4.69) is 9.71 Å². The van der Waals surface area contributed by atoms with Crippen molar-refractivity contribution in [2.45, 2.75) is 13.1 Å². The molecule has 2 heterocycles. The summed E-state index contributed by atoms with van der Waals surface area (Å²) in [6.45, 7) is -0.136. The summed E-state index contributed by atoms with van der Waals surface area (Å²) in [5.74, 6) is 0.394. The number of nitrogens with two attached hydrogens (primary N) is 1. The number of nitrogens with one attached hydrogen (secondary N) is 1. The van der Waals surface area contributed by atoms with Crippen molar-refractivity contribution in [3.63, 3.8) is 0 Å². The van der Waals surface area contributed by atoms with Crippen molar-refractivity contribution in [1.82, 2.24) is 18.8 Å². The number of ether oxygens (including phenoxy) is 1. The van der Waals surface area contributed by atoms with Crippen LogP contribution in [0.1, 0.15) is 11.3 Å². The molecular weight excluding hydrogens is 434 g/mol. The van der Waals surface area contributed by atoms with Crippen molar-refractivity contribution in [1.29, 1.82) is 0 Å². The Morgan fingerprint density at radius 2 is 2.00 bits per heavy atom. The molecule has 1 atom stereocenters. The van der Waals surface area contributed by atoms with E-state index in [0.717, 1.165) is 4.57 Å². The number of hydrogen-bond donors (Lipinski definition) is 3. The molecule has 0 saturated carbocycles. The summed E-state index contributed by atoms with van der Waals surface area (Å²) in [6, 6.07) is 4.91. The van der Waals surface area contributed by atoms with E-state index in [-0.39, 0.29) is 24.1 Å². The Bertz CT molecular complexity index is 1290. The number of aryl methyl sites for hydroxylation is 1. The summed E-state index contributed by atoms with van der Waals surface area (Å²) in [5.41, 5.74) is 6.77. The molecule has 0 aliphatic heterocycles. The van der Waals surface area contributed by atoms with Gasteiger partial charge in [0.25, 0.3) is 5.56 Å². The molecule has 0 aliphatic carbocycles. The molecule has 0 spiro atoms. The van der Waals surface area contributed by atoms with Gasteiger partial charge in [-0.2, -0.15) is 0 Å². The maximum Gasteiger partial charge on any atom is 0.332 e. The number of benzene rings is 1. The standard InChI is InChI=1S/C18H20ClN5O5S/c1-23-16-15(17(25)24(2)18(23)26)14(10-5-4-9(19)6-13(10)29-3)11(7-20)12(22-16)8-21-30(27)28/h4-6,21H,7-8,20H2,1-3H3,(H,27,28). The third-order valence-corrected chi connectivity index (χ3v) is 5.40. The number of fused-ring (bicyclic) bond motifs is 1. The fraction of sp³-hybridized carbons (Fsp3) is 0.278. The van der Waals surface area contributed by atoms with Crippen LogP contribution in [-0.2, 0) is 38.5 Å². The van der Waals surface area contributed by atoms with E-state index in [1.807, 2.05) is 0 Å². The number of hydrogen-bond acceptors (Lipinski definition) is 6. The molecule has 3 rings (SSSR count). The number of halogens is 1. The minimum atomic E-state index is -2.30. The first-order valence-electron chi connectivity index (χ1n) is 8.71. The molecule has 0 amide bonds. The van der Waals surface area contributed by atoms with Gasteiger partial charge in [0.2, 0.25) is 11.3 Å². The quantitative estimate of drug-likeness (QED) is 0.465. The Balaban J connectivity index is 2.57. The summed E-state index contributed by atoms with van der Waals surface area (Å²) < 4.78 is 30.3. The number of pyridine rings is 1. The van der Waals surface area contributed by atoms with Crippen LogP contribution in [0.5, 0.6) is 5.75 Å². The summed E-state index contributed by atoms with van der Waals surface area (Å²) >= 11 is 3.80. The van der Waals surface area contributed by atoms with Gasteiger partial charge in [-0.05, 0) is 23.8 Å².